The van der Waals surface area contributed by atoms with E-state index in [9.17, 15) is 4.79 Å². The molecule has 3 N–H and O–H groups in total. The summed E-state index contributed by atoms with van der Waals surface area (Å²) in [6.07, 6.45) is 0. The fourth-order valence-corrected chi connectivity index (χ4v) is 2.58. The van der Waals surface area contributed by atoms with Gasteiger partial charge in [0.1, 0.15) is 5.69 Å². The van der Waals surface area contributed by atoms with Crippen LogP contribution in [0.4, 0.5) is 5.69 Å². The predicted octanol–water partition coefficient (Wildman–Crippen LogP) is 1.38. The number of nitrogen functional groups attached to an aromatic ring is 1. The SMILES string of the molecule is CC1COCCN1C(=O)c1cc(NN)c2ccccc2n1. The van der Waals surface area contributed by atoms with E-state index in [-0.39, 0.29) is 11.9 Å². The molecule has 1 atom stereocenters. The zero-order valence-electron chi connectivity index (χ0n) is 11.9. The Morgan fingerprint density at radius 1 is 1.48 bits per heavy atom. The Bertz CT molecular complexity index is 674. The number of carbonyl (C=O) groups is 1. The highest BCUT2D eigenvalue weighted by Crippen LogP contribution is 2.23. The molecule has 1 aliphatic rings. The number of hydrogen-bond acceptors (Lipinski definition) is 5. The fraction of sp³-hybridized carbons (Fsp3) is 0.333. The number of aromatic nitrogens is 1. The van der Waals surface area contributed by atoms with Gasteiger partial charge in [-0.25, -0.2) is 4.98 Å². The Kier molecular flexibility index (Phi) is 3.72. The first-order chi connectivity index (χ1) is 10.2. The van der Waals surface area contributed by atoms with Crippen molar-refractivity contribution in [2.24, 2.45) is 5.84 Å². The molecule has 2 aromatic rings. The molecule has 0 saturated carbocycles. The summed E-state index contributed by atoms with van der Waals surface area (Å²) in [5.41, 5.74) is 4.49. The molecule has 1 amide bonds. The number of carbonyl (C=O) groups excluding carboxylic acids is 1. The normalized spacial score (nSPS) is 18.8. The molecule has 6 heteroatoms. The lowest BCUT2D eigenvalue weighted by molar-refractivity contribution is 0.00330. The van der Waals surface area contributed by atoms with Crippen molar-refractivity contribution in [3.8, 4) is 0 Å². The van der Waals surface area contributed by atoms with Crippen molar-refractivity contribution in [2.75, 3.05) is 25.2 Å². The number of nitrogens with one attached hydrogen (secondary N) is 1. The number of hydrogen-bond donors (Lipinski definition) is 2. The van der Waals surface area contributed by atoms with Crippen molar-refractivity contribution in [2.45, 2.75) is 13.0 Å². The highest BCUT2D eigenvalue weighted by atomic mass is 16.5. The van der Waals surface area contributed by atoms with E-state index in [0.717, 1.165) is 10.9 Å². The van der Waals surface area contributed by atoms with E-state index in [2.05, 4.69) is 10.4 Å². The molecule has 1 aliphatic heterocycles. The van der Waals surface area contributed by atoms with Crippen LogP contribution >= 0.6 is 0 Å². The van der Waals surface area contributed by atoms with Crippen LogP contribution in [0.25, 0.3) is 10.9 Å². The van der Waals surface area contributed by atoms with Gasteiger partial charge in [-0.05, 0) is 19.1 Å². The van der Waals surface area contributed by atoms with Gasteiger partial charge in [0.15, 0.2) is 0 Å². The number of benzene rings is 1. The van der Waals surface area contributed by atoms with E-state index in [0.29, 0.717) is 31.1 Å². The Morgan fingerprint density at radius 3 is 3.05 bits per heavy atom. The van der Waals surface area contributed by atoms with Gasteiger partial charge in [0.05, 0.1) is 30.5 Å². The van der Waals surface area contributed by atoms with Gasteiger partial charge in [-0.3, -0.25) is 10.6 Å². The lowest BCUT2D eigenvalue weighted by Gasteiger charge is -2.33. The van der Waals surface area contributed by atoms with Gasteiger partial charge in [0.25, 0.3) is 5.91 Å². The second-order valence-corrected chi connectivity index (χ2v) is 5.14. The number of nitrogens with zero attached hydrogens (tertiary/aromatic N) is 2. The Balaban J connectivity index is 2.01. The van der Waals surface area contributed by atoms with Gasteiger partial charge in [-0.1, -0.05) is 18.2 Å². The summed E-state index contributed by atoms with van der Waals surface area (Å²) in [6, 6.07) is 9.34. The van der Waals surface area contributed by atoms with E-state index in [1.807, 2.05) is 31.2 Å². The molecule has 1 aromatic carbocycles. The summed E-state index contributed by atoms with van der Waals surface area (Å²) in [4.78, 5) is 18.9. The standard InChI is InChI=1S/C15H18N4O2/c1-10-9-21-7-6-19(10)15(20)14-8-13(18-16)11-4-2-3-5-12(11)17-14/h2-5,8,10H,6-7,9,16H2,1H3,(H,17,18). The Labute approximate surface area is 122 Å². The highest BCUT2D eigenvalue weighted by molar-refractivity contribution is 5.99. The second-order valence-electron chi connectivity index (χ2n) is 5.14. The zero-order chi connectivity index (χ0) is 14.8. The van der Waals surface area contributed by atoms with Gasteiger partial charge in [-0.15, -0.1) is 0 Å². The van der Waals surface area contributed by atoms with Crippen LogP contribution in [0.5, 0.6) is 0 Å². The first-order valence-corrected chi connectivity index (χ1v) is 6.96. The molecule has 0 spiro atoms. The number of morpholine rings is 1. The molecule has 1 saturated heterocycles. The first-order valence-electron chi connectivity index (χ1n) is 6.96. The van der Waals surface area contributed by atoms with Crippen molar-refractivity contribution in [3.63, 3.8) is 0 Å². The largest absolute Gasteiger partial charge is 0.377 e. The monoisotopic (exact) mass is 286 g/mol. The van der Waals surface area contributed by atoms with Crippen LogP contribution < -0.4 is 11.3 Å². The average Bonchev–Trinajstić information content (AvgIpc) is 2.53. The molecule has 0 aliphatic carbocycles. The van der Waals surface area contributed by atoms with Crippen LogP contribution in [0.15, 0.2) is 30.3 Å². The van der Waals surface area contributed by atoms with Crippen LogP contribution in [0.1, 0.15) is 17.4 Å². The predicted molar refractivity (Wildman–Crippen MR) is 80.9 cm³/mol. The average molecular weight is 286 g/mol. The quantitative estimate of drug-likeness (QED) is 0.644. The number of fused-ring (bicyclic) bond motifs is 1. The highest BCUT2D eigenvalue weighted by Gasteiger charge is 2.26. The summed E-state index contributed by atoms with van der Waals surface area (Å²) < 4.78 is 5.37. The van der Waals surface area contributed by atoms with E-state index in [1.54, 1.807) is 11.0 Å². The first kappa shape index (κ1) is 13.8. The fourth-order valence-electron chi connectivity index (χ4n) is 2.58. The number of anilines is 1. The van der Waals surface area contributed by atoms with Crippen LogP contribution in [0, 0.1) is 0 Å². The van der Waals surface area contributed by atoms with Crippen molar-refractivity contribution in [3.05, 3.63) is 36.0 Å². The van der Waals surface area contributed by atoms with Crippen molar-refractivity contribution in [1.82, 2.24) is 9.88 Å². The molecule has 3 rings (SSSR count). The number of rotatable bonds is 2. The maximum Gasteiger partial charge on any atom is 0.272 e. The summed E-state index contributed by atoms with van der Waals surface area (Å²) in [7, 11) is 0. The molecule has 6 nitrogen and oxygen atoms in total. The van der Waals surface area contributed by atoms with Gasteiger partial charge in [0.2, 0.25) is 0 Å². The topological polar surface area (TPSA) is 80.5 Å². The van der Waals surface area contributed by atoms with Gasteiger partial charge in [-0.2, -0.15) is 0 Å². The maximum atomic E-state index is 12.7. The number of pyridine rings is 1. The summed E-state index contributed by atoms with van der Waals surface area (Å²) in [5, 5.41) is 0.895. The smallest absolute Gasteiger partial charge is 0.272 e. The summed E-state index contributed by atoms with van der Waals surface area (Å²) in [5.74, 6) is 5.48. The van der Waals surface area contributed by atoms with Crippen LogP contribution in [-0.4, -0.2) is 41.6 Å². The lowest BCUT2D eigenvalue weighted by atomic mass is 10.1. The molecule has 1 aromatic heterocycles. The van der Waals surface area contributed by atoms with Crippen molar-refractivity contribution < 1.29 is 9.53 Å². The number of para-hydroxylation sites is 1. The third kappa shape index (κ3) is 2.55. The minimum absolute atomic E-state index is 0.0498. The minimum Gasteiger partial charge on any atom is -0.377 e. The van der Waals surface area contributed by atoms with Gasteiger partial charge < -0.3 is 15.1 Å². The maximum absolute atomic E-state index is 12.7. The molecule has 1 unspecified atom stereocenters. The zero-order valence-corrected chi connectivity index (χ0v) is 11.9. The second kappa shape index (κ2) is 5.67. The van der Waals surface area contributed by atoms with Gasteiger partial charge in [0, 0.05) is 11.9 Å². The van der Waals surface area contributed by atoms with E-state index in [4.69, 9.17) is 10.6 Å². The number of amides is 1. The molecule has 2 heterocycles. The van der Waals surface area contributed by atoms with E-state index < -0.39 is 0 Å². The Morgan fingerprint density at radius 2 is 2.29 bits per heavy atom. The van der Waals surface area contributed by atoms with Gasteiger partial charge >= 0.3 is 0 Å². The van der Waals surface area contributed by atoms with Crippen LogP contribution in [-0.2, 0) is 4.74 Å². The summed E-state index contributed by atoms with van der Waals surface area (Å²) in [6.45, 7) is 3.67. The third-order valence-corrected chi connectivity index (χ3v) is 3.72. The molecule has 110 valence electrons. The van der Waals surface area contributed by atoms with Crippen LogP contribution in [0.3, 0.4) is 0 Å². The molecule has 0 bridgehead atoms. The summed E-state index contributed by atoms with van der Waals surface area (Å²) >= 11 is 0. The third-order valence-electron chi connectivity index (χ3n) is 3.72. The van der Waals surface area contributed by atoms with Crippen molar-refractivity contribution >= 4 is 22.5 Å². The molecule has 21 heavy (non-hydrogen) atoms. The lowest BCUT2D eigenvalue weighted by Crippen LogP contribution is -2.47. The van der Waals surface area contributed by atoms with E-state index >= 15 is 0 Å². The number of hydrazine groups is 1. The number of ether oxygens (including phenoxy) is 1. The molecule has 0 radical (unpaired) electrons. The minimum atomic E-state index is -0.0898. The number of nitrogens with two attached hydrogens (primary N) is 1. The van der Waals surface area contributed by atoms with E-state index in [1.165, 1.54) is 0 Å². The van der Waals surface area contributed by atoms with Crippen molar-refractivity contribution in [1.29, 1.82) is 0 Å². The van der Waals surface area contributed by atoms with Crippen LogP contribution in [0.2, 0.25) is 0 Å². The molecule has 1 fully saturated rings. The molecular weight excluding hydrogens is 268 g/mol. The molecular formula is C15H18N4O2. The Hall–Kier alpha value is -2.18.